The third-order valence-corrected chi connectivity index (χ3v) is 9.46. The lowest BCUT2D eigenvalue weighted by molar-refractivity contribution is -0.283. The highest BCUT2D eigenvalue weighted by Gasteiger charge is 2.55. The van der Waals surface area contributed by atoms with Crippen LogP contribution in [0.2, 0.25) is 0 Å². The standard InChI is InChI=1S/C43H34O24/c44-21-4-1-16(2-5-21)3-6-31(53)62-15-30-36(64-39(58)17-7-22(45)32(54)23(46)8-17)37(65-40(59)18-9-24(47)33(55)25(48)10-18)38(66-41(60)19-11-26(49)34(56)27(50)12-19)43(63-30)67-42(61)20-13-28(51)35(57)29(52)14-20/h1-14,30,36-38,43-52,54-57H,15H2/b6-3+/t30-,36-,37+,38-,43+/m1/s1. The number of hydrogen-bond donors (Lipinski definition) is 13. The van der Waals surface area contributed by atoms with Crippen LogP contribution < -0.4 is 0 Å². The van der Waals surface area contributed by atoms with Gasteiger partial charge < -0.3 is 94.8 Å². The molecule has 1 fully saturated rings. The van der Waals surface area contributed by atoms with Gasteiger partial charge in [0.25, 0.3) is 0 Å². The van der Waals surface area contributed by atoms with Crippen LogP contribution in [-0.2, 0) is 33.2 Å². The maximum absolute atomic E-state index is 13.9. The minimum atomic E-state index is -2.47. The summed E-state index contributed by atoms with van der Waals surface area (Å²) in [6, 6.07) is 10.1. The maximum atomic E-state index is 13.9. The zero-order valence-corrected chi connectivity index (χ0v) is 33.5. The van der Waals surface area contributed by atoms with Gasteiger partial charge in [0.1, 0.15) is 18.5 Å². The molecule has 0 aromatic heterocycles. The lowest BCUT2D eigenvalue weighted by Crippen LogP contribution is -2.63. The number of phenolic OH excluding ortho intramolecular Hbond substituents is 13. The molecule has 5 aromatic rings. The van der Waals surface area contributed by atoms with Gasteiger partial charge in [0.2, 0.25) is 12.4 Å². The number of carbonyl (C=O) groups excluding carboxylic acids is 5. The molecule has 67 heavy (non-hydrogen) atoms. The van der Waals surface area contributed by atoms with E-state index in [9.17, 15) is 90.4 Å². The van der Waals surface area contributed by atoms with Gasteiger partial charge in [-0.15, -0.1) is 0 Å². The summed E-state index contributed by atoms with van der Waals surface area (Å²) in [5.41, 5.74) is -2.64. The molecule has 0 amide bonds. The number of carbonyl (C=O) groups is 5. The molecule has 5 atom stereocenters. The normalized spacial score (nSPS) is 17.8. The molecule has 1 aliphatic rings. The molecule has 0 bridgehead atoms. The number of esters is 5. The molecule has 1 saturated heterocycles. The van der Waals surface area contributed by atoms with E-state index in [0.29, 0.717) is 54.1 Å². The maximum Gasteiger partial charge on any atom is 0.340 e. The molecule has 0 aliphatic carbocycles. The molecule has 0 saturated carbocycles. The molecule has 24 nitrogen and oxygen atoms in total. The third kappa shape index (κ3) is 10.5. The molecule has 6 rings (SSSR count). The average Bonchev–Trinajstić information content (AvgIpc) is 3.28. The van der Waals surface area contributed by atoms with Gasteiger partial charge >= 0.3 is 29.8 Å². The Hall–Kier alpha value is -9.45. The monoisotopic (exact) mass is 934 g/mol. The first-order valence-electron chi connectivity index (χ1n) is 18.7. The van der Waals surface area contributed by atoms with Crippen molar-refractivity contribution in [3.63, 3.8) is 0 Å². The molecular weight excluding hydrogens is 900 g/mol. The fraction of sp³-hybridized carbons (Fsp3) is 0.140. The van der Waals surface area contributed by atoms with E-state index < -0.39 is 158 Å². The second kappa shape index (κ2) is 19.1. The Morgan fingerprint density at radius 1 is 0.448 bits per heavy atom. The van der Waals surface area contributed by atoms with Crippen molar-refractivity contribution in [2.75, 3.05) is 6.61 Å². The number of hydrogen-bond acceptors (Lipinski definition) is 24. The number of aromatic hydroxyl groups is 13. The molecule has 1 aliphatic heterocycles. The van der Waals surface area contributed by atoms with Gasteiger partial charge in [-0.2, -0.15) is 0 Å². The molecule has 13 N–H and O–H groups in total. The second-order valence-corrected chi connectivity index (χ2v) is 14.1. The molecule has 5 aromatic carbocycles. The Morgan fingerprint density at radius 3 is 1.15 bits per heavy atom. The predicted octanol–water partition coefficient (Wildman–Crippen LogP) is 2.67. The van der Waals surface area contributed by atoms with E-state index in [0.717, 1.165) is 6.08 Å². The van der Waals surface area contributed by atoms with Crippen LogP contribution in [0.5, 0.6) is 74.7 Å². The highest BCUT2D eigenvalue weighted by Crippen LogP contribution is 2.41. The van der Waals surface area contributed by atoms with E-state index in [-0.39, 0.29) is 5.75 Å². The summed E-state index contributed by atoms with van der Waals surface area (Å²) in [5, 5.41) is 130. The predicted molar refractivity (Wildman–Crippen MR) is 216 cm³/mol. The Morgan fingerprint density at radius 2 is 0.776 bits per heavy atom. The van der Waals surface area contributed by atoms with Crippen molar-refractivity contribution in [3.05, 3.63) is 107 Å². The van der Waals surface area contributed by atoms with E-state index in [1.807, 2.05) is 0 Å². The van der Waals surface area contributed by atoms with Crippen LogP contribution in [0.3, 0.4) is 0 Å². The van der Waals surface area contributed by atoms with Crippen LogP contribution in [0.4, 0.5) is 0 Å². The van der Waals surface area contributed by atoms with E-state index >= 15 is 0 Å². The van der Waals surface area contributed by atoms with Gasteiger partial charge in [-0.05, 0) is 72.3 Å². The van der Waals surface area contributed by atoms with Crippen LogP contribution in [0.1, 0.15) is 47.0 Å². The molecule has 0 unspecified atom stereocenters. The van der Waals surface area contributed by atoms with Crippen molar-refractivity contribution in [2.45, 2.75) is 30.7 Å². The van der Waals surface area contributed by atoms with Crippen molar-refractivity contribution in [3.8, 4) is 74.7 Å². The van der Waals surface area contributed by atoms with Crippen molar-refractivity contribution in [1.82, 2.24) is 0 Å². The van der Waals surface area contributed by atoms with Gasteiger partial charge in [0, 0.05) is 6.08 Å². The highest BCUT2D eigenvalue weighted by molar-refractivity contribution is 5.94. The molecule has 1 heterocycles. The van der Waals surface area contributed by atoms with Crippen LogP contribution in [-0.4, -0.2) is 134 Å². The van der Waals surface area contributed by atoms with Crippen molar-refractivity contribution in [1.29, 1.82) is 0 Å². The van der Waals surface area contributed by atoms with Crippen LogP contribution >= 0.6 is 0 Å². The fourth-order valence-electron chi connectivity index (χ4n) is 6.11. The van der Waals surface area contributed by atoms with Crippen LogP contribution in [0.15, 0.2) is 78.9 Å². The summed E-state index contributed by atoms with van der Waals surface area (Å²) < 4.78 is 33.5. The summed E-state index contributed by atoms with van der Waals surface area (Å²) in [6.45, 7) is -1.08. The van der Waals surface area contributed by atoms with Gasteiger partial charge in [-0.3, -0.25) is 0 Å². The Bertz CT molecular complexity index is 2710. The second-order valence-electron chi connectivity index (χ2n) is 14.1. The quantitative estimate of drug-likeness (QED) is 0.0370. The van der Waals surface area contributed by atoms with E-state index in [1.165, 1.54) is 30.3 Å². The largest absolute Gasteiger partial charge is 0.508 e. The molecule has 0 radical (unpaired) electrons. The summed E-state index contributed by atoms with van der Waals surface area (Å²) in [7, 11) is 0. The summed E-state index contributed by atoms with van der Waals surface area (Å²) in [6.07, 6.45) is -9.61. The lowest BCUT2D eigenvalue weighted by Gasteiger charge is -2.43. The molecule has 0 spiro atoms. The van der Waals surface area contributed by atoms with Gasteiger partial charge in [0.15, 0.2) is 81.2 Å². The Kier molecular flexibility index (Phi) is 13.4. The third-order valence-electron chi connectivity index (χ3n) is 9.46. The average molecular weight is 935 g/mol. The Labute approximate surface area is 373 Å². The molecule has 24 heteroatoms. The topological polar surface area (TPSA) is 404 Å². The SMILES string of the molecule is O=C(/C=C/c1ccc(O)cc1)OC[C@H]1O[C@@H](OC(=O)c2cc(O)c(O)c(O)c2)[C@H](OC(=O)c2cc(O)c(O)c(O)c2)[C@@H](OC(=O)c2cc(O)c(O)c(O)c2)[C@@H]1OC(=O)c1cc(O)c(O)c(O)c1. The van der Waals surface area contributed by atoms with Crippen LogP contribution in [0.25, 0.3) is 6.08 Å². The van der Waals surface area contributed by atoms with E-state index in [1.54, 1.807) is 0 Å². The number of rotatable bonds is 12. The van der Waals surface area contributed by atoms with Crippen molar-refractivity contribution >= 4 is 35.9 Å². The zero-order chi connectivity index (χ0) is 49.0. The minimum Gasteiger partial charge on any atom is -0.508 e. The number of benzene rings is 5. The lowest BCUT2D eigenvalue weighted by atomic mass is 9.97. The van der Waals surface area contributed by atoms with Gasteiger partial charge in [-0.25, -0.2) is 24.0 Å². The Balaban J connectivity index is 1.49. The molecule has 350 valence electrons. The fourth-order valence-corrected chi connectivity index (χ4v) is 6.11. The first-order valence-corrected chi connectivity index (χ1v) is 18.7. The smallest absolute Gasteiger partial charge is 0.340 e. The summed E-state index contributed by atoms with van der Waals surface area (Å²) >= 11 is 0. The van der Waals surface area contributed by atoms with E-state index in [2.05, 4.69) is 0 Å². The summed E-state index contributed by atoms with van der Waals surface area (Å²) in [5.74, 6) is -20.5. The zero-order valence-electron chi connectivity index (χ0n) is 33.5. The van der Waals surface area contributed by atoms with Crippen LogP contribution in [0, 0.1) is 0 Å². The van der Waals surface area contributed by atoms with Gasteiger partial charge in [-0.1, -0.05) is 12.1 Å². The first-order chi connectivity index (χ1) is 31.6. The van der Waals surface area contributed by atoms with Gasteiger partial charge in [0.05, 0.1) is 22.3 Å². The number of phenols is 13. The first kappa shape index (κ1) is 47.0. The minimum absolute atomic E-state index is 0.0978. The highest BCUT2D eigenvalue weighted by atomic mass is 16.7. The molecular formula is C43H34O24. The summed E-state index contributed by atoms with van der Waals surface area (Å²) in [4.78, 5) is 68.3. The number of ether oxygens (including phenoxy) is 6. The van der Waals surface area contributed by atoms with Crippen molar-refractivity contribution < 1.29 is 119 Å². The van der Waals surface area contributed by atoms with E-state index in [4.69, 9.17) is 28.4 Å². The van der Waals surface area contributed by atoms with Crippen molar-refractivity contribution in [2.24, 2.45) is 0 Å².